The summed E-state index contributed by atoms with van der Waals surface area (Å²) in [6, 6.07) is 0. The number of hydrogen-bond acceptors (Lipinski definition) is 3. The molecule has 0 aromatic carbocycles. The number of nitrogens with one attached hydrogen (secondary N) is 1. The number of aromatic amines is 1. The second-order valence-electron chi connectivity index (χ2n) is 6.91. The summed E-state index contributed by atoms with van der Waals surface area (Å²) < 4.78 is 2.44. The summed E-state index contributed by atoms with van der Waals surface area (Å²) in [6.07, 6.45) is 6.99. The number of thiophene rings is 1. The van der Waals surface area contributed by atoms with E-state index in [2.05, 4.69) is 18.8 Å². The third-order valence-electron chi connectivity index (χ3n) is 5.16. The van der Waals surface area contributed by atoms with Crippen molar-refractivity contribution in [3.8, 4) is 0 Å². The van der Waals surface area contributed by atoms with E-state index in [-0.39, 0.29) is 11.1 Å². The van der Waals surface area contributed by atoms with Gasteiger partial charge in [0.1, 0.15) is 4.83 Å². The summed E-state index contributed by atoms with van der Waals surface area (Å²) in [4.78, 5) is 18.9. The SMILES string of the molecule is CC(C)(C1CC1)n1c(=S)[nH]c2sc3c(c2c1=O)CCCC3. The molecule has 2 heterocycles. The molecule has 2 aromatic heterocycles. The number of H-pyrrole nitrogens is 1. The average Bonchev–Trinajstić information content (AvgIpc) is 3.20. The summed E-state index contributed by atoms with van der Waals surface area (Å²) in [7, 11) is 0. The monoisotopic (exact) mass is 320 g/mol. The van der Waals surface area contributed by atoms with E-state index in [1.807, 2.05) is 4.57 Å². The fraction of sp³-hybridized carbons (Fsp3) is 0.625. The van der Waals surface area contributed by atoms with Crippen LogP contribution >= 0.6 is 23.6 Å². The molecule has 0 bridgehead atoms. The van der Waals surface area contributed by atoms with Gasteiger partial charge in [0.15, 0.2) is 4.77 Å². The fourth-order valence-corrected chi connectivity index (χ4v) is 5.50. The summed E-state index contributed by atoms with van der Waals surface area (Å²) >= 11 is 7.25. The zero-order chi connectivity index (χ0) is 14.8. The highest BCUT2D eigenvalue weighted by Crippen LogP contribution is 2.44. The molecule has 0 saturated heterocycles. The van der Waals surface area contributed by atoms with Crippen LogP contribution in [0.2, 0.25) is 0 Å². The lowest BCUT2D eigenvalue weighted by Crippen LogP contribution is -2.39. The molecule has 112 valence electrons. The van der Waals surface area contributed by atoms with Gasteiger partial charge in [0.25, 0.3) is 5.56 Å². The highest BCUT2D eigenvalue weighted by Gasteiger charge is 2.40. The lowest BCUT2D eigenvalue weighted by molar-refractivity contribution is 0.290. The molecule has 0 amide bonds. The number of aromatic nitrogens is 2. The van der Waals surface area contributed by atoms with Crippen molar-refractivity contribution in [2.75, 3.05) is 0 Å². The maximum Gasteiger partial charge on any atom is 0.263 e. The predicted octanol–water partition coefficient (Wildman–Crippen LogP) is 4.14. The van der Waals surface area contributed by atoms with Gasteiger partial charge in [0.05, 0.1) is 5.39 Å². The van der Waals surface area contributed by atoms with Crippen LogP contribution < -0.4 is 5.56 Å². The van der Waals surface area contributed by atoms with Gasteiger partial charge in [-0.2, -0.15) is 0 Å². The number of nitrogens with zero attached hydrogens (tertiary/aromatic N) is 1. The Kier molecular flexibility index (Phi) is 2.95. The average molecular weight is 320 g/mol. The Bertz CT molecular complexity index is 836. The second kappa shape index (κ2) is 4.53. The molecule has 0 radical (unpaired) electrons. The first-order chi connectivity index (χ1) is 10.00. The number of aryl methyl sites for hydroxylation is 2. The highest BCUT2D eigenvalue weighted by atomic mass is 32.1. The number of hydrogen-bond donors (Lipinski definition) is 1. The highest BCUT2D eigenvalue weighted by molar-refractivity contribution is 7.71. The first kappa shape index (κ1) is 13.7. The van der Waals surface area contributed by atoms with Crippen molar-refractivity contribution in [3.05, 3.63) is 25.6 Å². The van der Waals surface area contributed by atoms with Crippen molar-refractivity contribution < 1.29 is 0 Å². The van der Waals surface area contributed by atoms with E-state index in [0.29, 0.717) is 10.7 Å². The van der Waals surface area contributed by atoms with Crippen molar-refractivity contribution in [2.45, 2.75) is 57.9 Å². The predicted molar refractivity (Wildman–Crippen MR) is 90.0 cm³/mol. The molecule has 0 atom stereocenters. The van der Waals surface area contributed by atoms with E-state index in [9.17, 15) is 4.79 Å². The standard InChI is InChI=1S/C16H20N2OS2/c1-16(2,9-7-8-9)18-14(19)12-10-5-3-4-6-11(10)21-13(12)17-15(18)20/h9H,3-8H2,1-2H3,(H,17,20). The van der Waals surface area contributed by atoms with Gasteiger partial charge in [-0.25, -0.2) is 0 Å². The van der Waals surface area contributed by atoms with Gasteiger partial charge in [-0.15, -0.1) is 11.3 Å². The minimum Gasteiger partial charge on any atom is -0.323 e. The van der Waals surface area contributed by atoms with Crippen LogP contribution in [-0.2, 0) is 18.4 Å². The summed E-state index contributed by atoms with van der Waals surface area (Å²) in [5.74, 6) is 0.581. The molecule has 2 aliphatic rings. The van der Waals surface area contributed by atoms with Crippen LogP contribution in [0.1, 0.15) is 50.0 Å². The van der Waals surface area contributed by atoms with E-state index in [1.165, 1.54) is 36.1 Å². The van der Waals surface area contributed by atoms with Crippen LogP contribution in [-0.4, -0.2) is 9.55 Å². The second-order valence-corrected chi connectivity index (χ2v) is 8.41. The van der Waals surface area contributed by atoms with Gasteiger partial charge in [-0.05, 0) is 76.1 Å². The van der Waals surface area contributed by atoms with Crippen molar-refractivity contribution in [3.63, 3.8) is 0 Å². The molecule has 5 heteroatoms. The maximum absolute atomic E-state index is 13.1. The molecule has 0 aliphatic heterocycles. The zero-order valence-corrected chi connectivity index (χ0v) is 14.1. The topological polar surface area (TPSA) is 37.8 Å². The van der Waals surface area contributed by atoms with Crippen LogP contribution in [0.3, 0.4) is 0 Å². The van der Waals surface area contributed by atoms with E-state index in [0.717, 1.165) is 23.1 Å². The number of fused-ring (bicyclic) bond motifs is 3. The lowest BCUT2D eigenvalue weighted by atomic mass is 9.96. The molecule has 2 aromatic rings. The molecule has 2 aliphatic carbocycles. The quantitative estimate of drug-likeness (QED) is 0.844. The van der Waals surface area contributed by atoms with Gasteiger partial charge in [-0.1, -0.05) is 0 Å². The molecule has 1 saturated carbocycles. The van der Waals surface area contributed by atoms with Crippen molar-refractivity contribution in [1.82, 2.24) is 9.55 Å². The Balaban J connectivity index is 2.05. The summed E-state index contributed by atoms with van der Waals surface area (Å²) in [5, 5.41) is 0.914. The van der Waals surface area contributed by atoms with Crippen molar-refractivity contribution >= 4 is 33.8 Å². The van der Waals surface area contributed by atoms with Crippen LogP contribution in [0, 0.1) is 10.7 Å². The Morgan fingerprint density at radius 2 is 2.00 bits per heavy atom. The van der Waals surface area contributed by atoms with E-state index >= 15 is 0 Å². The third kappa shape index (κ3) is 1.97. The molecule has 0 spiro atoms. The van der Waals surface area contributed by atoms with Crippen LogP contribution in [0.5, 0.6) is 0 Å². The number of rotatable bonds is 2. The molecular formula is C16H20N2OS2. The normalized spacial score (nSPS) is 19.0. The smallest absolute Gasteiger partial charge is 0.263 e. The Morgan fingerprint density at radius 3 is 2.71 bits per heavy atom. The molecule has 1 N–H and O–H groups in total. The molecule has 3 nitrogen and oxygen atoms in total. The first-order valence-corrected chi connectivity index (χ1v) is 9.02. The fourth-order valence-electron chi connectivity index (χ4n) is 3.73. The van der Waals surface area contributed by atoms with Gasteiger partial charge in [0, 0.05) is 10.4 Å². The Labute approximate surface area is 133 Å². The Hall–Kier alpha value is -0.940. The lowest BCUT2D eigenvalue weighted by Gasteiger charge is -2.27. The molecule has 0 unspecified atom stereocenters. The summed E-state index contributed by atoms with van der Waals surface area (Å²) in [6.45, 7) is 4.31. The van der Waals surface area contributed by atoms with Gasteiger partial charge >= 0.3 is 0 Å². The van der Waals surface area contributed by atoms with Crippen LogP contribution in [0.25, 0.3) is 10.2 Å². The maximum atomic E-state index is 13.1. The van der Waals surface area contributed by atoms with Gasteiger partial charge in [0.2, 0.25) is 0 Å². The summed E-state index contributed by atoms with van der Waals surface area (Å²) in [5.41, 5.74) is 1.24. The minimum atomic E-state index is -0.178. The Morgan fingerprint density at radius 1 is 1.29 bits per heavy atom. The molecule has 21 heavy (non-hydrogen) atoms. The molecular weight excluding hydrogens is 300 g/mol. The van der Waals surface area contributed by atoms with Gasteiger partial charge in [-0.3, -0.25) is 9.36 Å². The van der Waals surface area contributed by atoms with Crippen molar-refractivity contribution in [2.24, 2.45) is 5.92 Å². The minimum absolute atomic E-state index is 0.130. The molecule has 1 fully saturated rings. The molecule has 4 rings (SSSR count). The van der Waals surface area contributed by atoms with Crippen LogP contribution in [0.15, 0.2) is 4.79 Å². The van der Waals surface area contributed by atoms with Crippen LogP contribution in [0.4, 0.5) is 0 Å². The van der Waals surface area contributed by atoms with Crippen molar-refractivity contribution in [1.29, 1.82) is 0 Å². The van der Waals surface area contributed by atoms with E-state index < -0.39 is 0 Å². The first-order valence-electron chi connectivity index (χ1n) is 7.80. The third-order valence-corrected chi connectivity index (χ3v) is 6.66. The van der Waals surface area contributed by atoms with Gasteiger partial charge < -0.3 is 4.98 Å². The zero-order valence-electron chi connectivity index (χ0n) is 12.5. The largest absolute Gasteiger partial charge is 0.323 e. The van der Waals surface area contributed by atoms with E-state index in [1.54, 1.807) is 11.3 Å². The van der Waals surface area contributed by atoms with E-state index in [4.69, 9.17) is 12.2 Å².